The van der Waals surface area contributed by atoms with Crippen LogP contribution in [0.3, 0.4) is 0 Å². The van der Waals surface area contributed by atoms with Crippen molar-refractivity contribution in [3.63, 3.8) is 0 Å². The summed E-state index contributed by atoms with van der Waals surface area (Å²) < 4.78 is 1.33. The van der Waals surface area contributed by atoms with Crippen molar-refractivity contribution in [3.05, 3.63) is 47.3 Å². The summed E-state index contributed by atoms with van der Waals surface area (Å²) >= 11 is 0. The quantitative estimate of drug-likeness (QED) is 0.813. The summed E-state index contributed by atoms with van der Waals surface area (Å²) in [5.41, 5.74) is 0.645. The van der Waals surface area contributed by atoms with Crippen LogP contribution in [0.2, 0.25) is 0 Å². The lowest BCUT2D eigenvalue weighted by Crippen LogP contribution is -2.27. The Morgan fingerprint density at radius 3 is 2.90 bits per heavy atom. The van der Waals surface area contributed by atoms with Crippen LogP contribution in [0.4, 0.5) is 0 Å². The van der Waals surface area contributed by atoms with Gasteiger partial charge in [0.15, 0.2) is 5.69 Å². The summed E-state index contributed by atoms with van der Waals surface area (Å²) in [5.74, 6) is -1.47. The smallest absolute Gasteiger partial charge is 0.358 e. The third kappa shape index (κ3) is 3.63. The molecule has 2 N–H and O–H groups in total. The summed E-state index contributed by atoms with van der Waals surface area (Å²) in [5, 5.41) is 27.2. The van der Waals surface area contributed by atoms with Crippen molar-refractivity contribution >= 4 is 11.9 Å². The third-order valence-corrected chi connectivity index (χ3v) is 2.64. The SMILES string of the molecule is N#Cc1cccc(C(=O)NCCn2cc(C(=O)O)nn2)c1. The summed E-state index contributed by atoms with van der Waals surface area (Å²) in [6.45, 7) is 0.558. The van der Waals surface area contributed by atoms with Gasteiger partial charge in [0, 0.05) is 12.1 Å². The highest BCUT2D eigenvalue weighted by Gasteiger charge is 2.09. The first kappa shape index (κ1) is 14.2. The molecular weight excluding hydrogens is 274 g/mol. The number of nitriles is 1. The molecule has 0 unspecified atom stereocenters. The van der Waals surface area contributed by atoms with E-state index >= 15 is 0 Å². The molecule has 0 saturated carbocycles. The second-order valence-corrected chi connectivity index (χ2v) is 4.12. The number of benzene rings is 1. The Bertz CT molecular complexity index is 717. The maximum Gasteiger partial charge on any atom is 0.358 e. The van der Waals surface area contributed by atoms with Gasteiger partial charge in [-0.3, -0.25) is 4.79 Å². The van der Waals surface area contributed by atoms with E-state index < -0.39 is 5.97 Å². The molecule has 1 aromatic carbocycles. The van der Waals surface area contributed by atoms with E-state index in [-0.39, 0.29) is 18.1 Å². The number of aromatic nitrogens is 3. The number of rotatable bonds is 5. The maximum atomic E-state index is 11.9. The fourth-order valence-electron chi connectivity index (χ4n) is 1.62. The van der Waals surface area contributed by atoms with Gasteiger partial charge in [-0.25, -0.2) is 9.48 Å². The van der Waals surface area contributed by atoms with Gasteiger partial charge in [-0.1, -0.05) is 11.3 Å². The van der Waals surface area contributed by atoms with E-state index in [0.29, 0.717) is 17.7 Å². The minimum Gasteiger partial charge on any atom is -0.476 e. The first-order chi connectivity index (χ1) is 10.1. The van der Waals surface area contributed by atoms with Crippen LogP contribution < -0.4 is 5.32 Å². The predicted molar refractivity (Wildman–Crippen MR) is 70.5 cm³/mol. The Balaban J connectivity index is 1.89. The standard InChI is InChI=1S/C13H11N5O3/c14-7-9-2-1-3-10(6-9)12(19)15-4-5-18-8-11(13(20)21)16-17-18/h1-3,6,8H,4-5H2,(H,15,19)(H,20,21). The molecule has 106 valence electrons. The second kappa shape index (κ2) is 6.29. The Hall–Kier alpha value is -3.21. The lowest BCUT2D eigenvalue weighted by atomic mass is 10.1. The van der Waals surface area contributed by atoms with Gasteiger partial charge in [-0.05, 0) is 18.2 Å². The van der Waals surface area contributed by atoms with Gasteiger partial charge < -0.3 is 10.4 Å². The van der Waals surface area contributed by atoms with Crippen LogP contribution >= 0.6 is 0 Å². The van der Waals surface area contributed by atoms with Gasteiger partial charge in [0.2, 0.25) is 0 Å². The number of carboxylic acids is 1. The van der Waals surface area contributed by atoms with E-state index in [1.807, 2.05) is 6.07 Å². The zero-order valence-corrected chi connectivity index (χ0v) is 10.9. The molecule has 0 atom stereocenters. The summed E-state index contributed by atoms with van der Waals surface area (Å²) in [6, 6.07) is 8.30. The Labute approximate surface area is 119 Å². The zero-order chi connectivity index (χ0) is 15.2. The lowest BCUT2D eigenvalue weighted by molar-refractivity contribution is 0.0690. The van der Waals surface area contributed by atoms with Crippen molar-refractivity contribution in [1.29, 1.82) is 5.26 Å². The van der Waals surface area contributed by atoms with Gasteiger partial charge in [0.1, 0.15) is 0 Å². The van der Waals surface area contributed by atoms with Crippen LogP contribution in [0.25, 0.3) is 0 Å². The molecule has 2 aromatic rings. The first-order valence-electron chi connectivity index (χ1n) is 6.02. The van der Waals surface area contributed by atoms with E-state index in [9.17, 15) is 9.59 Å². The van der Waals surface area contributed by atoms with Gasteiger partial charge in [0.25, 0.3) is 5.91 Å². The minimum atomic E-state index is -1.15. The lowest BCUT2D eigenvalue weighted by Gasteiger charge is -2.05. The summed E-state index contributed by atoms with van der Waals surface area (Å²) in [7, 11) is 0. The average molecular weight is 285 g/mol. The van der Waals surface area contributed by atoms with Crippen molar-refractivity contribution < 1.29 is 14.7 Å². The van der Waals surface area contributed by atoms with Crippen LogP contribution in [-0.4, -0.2) is 38.5 Å². The van der Waals surface area contributed by atoms with Crippen molar-refractivity contribution in [2.24, 2.45) is 0 Å². The fraction of sp³-hybridized carbons (Fsp3) is 0.154. The fourth-order valence-corrected chi connectivity index (χ4v) is 1.62. The second-order valence-electron chi connectivity index (χ2n) is 4.12. The highest BCUT2D eigenvalue weighted by atomic mass is 16.4. The van der Waals surface area contributed by atoms with Gasteiger partial charge >= 0.3 is 5.97 Å². The molecule has 1 amide bonds. The molecule has 0 aliphatic rings. The predicted octanol–water partition coefficient (Wildman–Crippen LogP) is 0.278. The molecule has 0 saturated heterocycles. The van der Waals surface area contributed by atoms with Crippen molar-refractivity contribution in [1.82, 2.24) is 20.3 Å². The van der Waals surface area contributed by atoms with Gasteiger partial charge in [0.05, 0.1) is 24.4 Å². The van der Waals surface area contributed by atoms with Crippen molar-refractivity contribution in [3.8, 4) is 6.07 Å². The third-order valence-electron chi connectivity index (χ3n) is 2.64. The number of carbonyl (C=O) groups is 2. The Morgan fingerprint density at radius 2 is 2.24 bits per heavy atom. The van der Waals surface area contributed by atoms with E-state index in [2.05, 4.69) is 15.6 Å². The van der Waals surface area contributed by atoms with E-state index in [4.69, 9.17) is 10.4 Å². The van der Waals surface area contributed by atoms with E-state index in [1.54, 1.807) is 18.2 Å². The Morgan fingerprint density at radius 1 is 1.43 bits per heavy atom. The van der Waals surface area contributed by atoms with E-state index in [0.717, 1.165) is 0 Å². The zero-order valence-electron chi connectivity index (χ0n) is 10.9. The molecule has 2 rings (SSSR count). The molecule has 0 aliphatic carbocycles. The van der Waals surface area contributed by atoms with Crippen molar-refractivity contribution in [2.45, 2.75) is 6.54 Å². The normalized spacial score (nSPS) is 9.86. The summed E-state index contributed by atoms with van der Waals surface area (Å²) in [4.78, 5) is 22.5. The number of aromatic carboxylic acids is 1. The number of carboxylic acid groups (broad SMARTS) is 1. The summed E-state index contributed by atoms with van der Waals surface area (Å²) in [6.07, 6.45) is 1.28. The van der Waals surface area contributed by atoms with Crippen LogP contribution in [-0.2, 0) is 6.54 Å². The van der Waals surface area contributed by atoms with Crippen LogP contribution in [0.1, 0.15) is 26.4 Å². The van der Waals surface area contributed by atoms with E-state index in [1.165, 1.54) is 16.9 Å². The monoisotopic (exact) mass is 285 g/mol. The first-order valence-corrected chi connectivity index (χ1v) is 6.02. The highest BCUT2D eigenvalue weighted by Crippen LogP contribution is 2.03. The molecule has 0 aliphatic heterocycles. The molecular formula is C13H11N5O3. The van der Waals surface area contributed by atoms with Gasteiger partial charge in [-0.15, -0.1) is 5.10 Å². The topological polar surface area (TPSA) is 121 Å². The van der Waals surface area contributed by atoms with Crippen molar-refractivity contribution in [2.75, 3.05) is 6.54 Å². The number of amides is 1. The maximum absolute atomic E-state index is 11.9. The minimum absolute atomic E-state index is 0.150. The molecule has 8 heteroatoms. The van der Waals surface area contributed by atoms with Crippen LogP contribution in [0, 0.1) is 11.3 Å². The number of nitrogens with zero attached hydrogens (tertiary/aromatic N) is 4. The average Bonchev–Trinajstić information content (AvgIpc) is 2.96. The van der Waals surface area contributed by atoms with Crippen LogP contribution in [0.15, 0.2) is 30.5 Å². The molecule has 0 fully saturated rings. The molecule has 1 heterocycles. The molecule has 0 spiro atoms. The Kier molecular flexibility index (Phi) is 4.26. The molecule has 0 radical (unpaired) electrons. The van der Waals surface area contributed by atoms with Crippen LogP contribution in [0.5, 0.6) is 0 Å². The number of hydrogen-bond acceptors (Lipinski definition) is 5. The molecule has 0 bridgehead atoms. The molecule has 21 heavy (non-hydrogen) atoms. The molecule has 1 aromatic heterocycles. The number of nitrogens with one attached hydrogen (secondary N) is 1. The number of hydrogen-bond donors (Lipinski definition) is 2. The highest BCUT2D eigenvalue weighted by molar-refractivity contribution is 5.94. The number of carbonyl (C=O) groups excluding carboxylic acids is 1. The molecule has 8 nitrogen and oxygen atoms in total. The largest absolute Gasteiger partial charge is 0.476 e. The van der Waals surface area contributed by atoms with Gasteiger partial charge in [-0.2, -0.15) is 5.26 Å².